The quantitative estimate of drug-likeness (QED) is 0.231. The van der Waals surface area contributed by atoms with E-state index in [0.29, 0.717) is 13.0 Å². The number of aryl methyl sites for hydroxylation is 1. The van der Waals surface area contributed by atoms with Gasteiger partial charge in [0, 0.05) is 48.4 Å². The Balaban J connectivity index is 0.00000272. The molecule has 0 spiro atoms. The van der Waals surface area contributed by atoms with Gasteiger partial charge in [-0.05, 0) is 37.1 Å². The maximum Gasteiger partial charge on any atom is 0.225 e. The van der Waals surface area contributed by atoms with Crippen molar-refractivity contribution in [1.82, 2.24) is 15.6 Å². The summed E-state index contributed by atoms with van der Waals surface area (Å²) in [5.41, 5.74) is 3.15. The summed E-state index contributed by atoms with van der Waals surface area (Å²) in [4.78, 5) is 23.4. The van der Waals surface area contributed by atoms with Gasteiger partial charge in [0.25, 0.3) is 0 Å². The number of fused-ring (bicyclic) bond motifs is 1. The molecule has 1 amide bonds. The van der Waals surface area contributed by atoms with Crippen molar-refractivity contribution in [1.29, 1.82) is 0 Å². The van der Waals surface area contributed by atoms with Crippen LogP contribution in [0.25, 0.3) is 10.6 Å². The Kier molecular flexibility index (Phi) is 8.44. The highest BCUT2D eigenvalue weighted by Crippen LogP contribution is 2.31. The molecule has 0 saturated carbocycles. The normalized spacial score (nSPS) is 15.6. The van der Waals surface area contributed by atoms with Gasteiger partial charge in [0.05, 0.1) is 15.6 Å². The van der Waals surface area contributed by atoms with Gasteiger partial charge >= 0.3 is 0 Å². The summed E-state index contributed by atoms with van der Waals surface area (Å²) in [7, 11) is 1.77. The smallest absolute Gasteiger partial charge is 0.225 e. The molecule has 3 heterocycles. The van der Waals surface area contributed by atoms with E-state index < -0.39 is 0 Å². The number of aromatic nitrogens is 1. The fraction of sp³-hybridized carbons (Fsp3) is 0.318. The van der Waals surface area contributed by atoms with Crippen molar-refractivity contribution in [2.24, 2.45) is 4.99 Å². The summed E-state index contributed by atoms with van der Waals surface area (Å²) in [5.74, 6) is 0.951. The maximum absolute atomic E-state index is 12.0. The largest absolute Gasteiger partial charge is 0.356 e. The van der Waals surface area contributed by atoms with E-state index in [1.54, 1.807) is 29.7 Å². The molecule has 0 radical (unpaired) electrons. The third kappa shape index (κ3) is 6.05. The van der Waals surface area contributed by atoms with Gasteiger partial charge in [-0.2, -0.15) is 0 Å². The van der Waals surface area contributed by atoms with Crippen molar-refractivity contribution in [3.05, 3.63) is 57.2 Å². The minimum Gasteiger partial charge on any atom is -0.356 e. The second kappa shape index (κ2) is 11.1. The summed E-state index contributed by atoms with van der Waals surface area (Å²) in [6, 6.07) is 12.3. The van der Waals surface area contributed by atoms with Gasteiger partial charge in [-0.1, -0.05) is 18.2 Å². The Morgan fingerprint density at radius 2 is 2.10 bits per heavy atom. The van der Waals surface area contributed by atoms with Crippen LogP contribution in [0.5, 0.6) is 0 Å². The minimum absolute atomic E-state index is 0. The molecule has 1 aliphatic heterocycles. The topological polar surface area (TPSA) is 78.4 Å². The Morgan fingerprint density at radius 3 is 2.87 bits per heavy atom. The molecule has 3 aromatic rings. The number of amides is 1. The molecule has 1 unspecified atom stereocenters. The number of thiophene rings is 1. The molecule has 0 saturated heterocycles. The number of thiazole rings is 1. The fourth-order valence-electron chi connectivity index (χ4n) is 3.56. The molecular weight excluding hydrogens is 541 g/mol. The zero-order valence-electron chi connectivity index (χ0n) is 17.5. The van der Waals surface area contributed by atoms with Gasteiger partial charge in [0.15, 0.2) is 5.96 Å². The third-order valence-corrected chi connectivity index (χ3v) is 6.98. The molecule has 2 aromatic heterocycles. The monoisotopic (exact) mass is 567 g/mol. The third-order valence-electron chi connectivity index (χ3n) is 5.04. The van der Waals surface area contributed by atoms with Crippen molar-refractivity contribution in [2.45, 2.75) is 25.7 Å². The summed E-state index contributed by atoms with van der Waals surface area (Å²) in [5, 5.41) is 12.9. The number of anilines is 1. The van der Waals surface area contributed by atoms with Crippen molar-refractivity contribution < 1.29 is 4.79 Å². The molecule has 1 atom stereocenters. The first-order valence-electron chi connectivity index (χ1n) is 9.97. The van der Waals surface area contributed by atoms with Crippen LogP contribution in [-0.4, -0.2) is 37.0 Å². The lowest BCUT2D eigenvalue weighted by molar-refractivity contribution is -0.116. The molecule has 0 fully saturated rings. The minimum atomic E-state index is 0. The van der Waals surface area contributed by atoms with Crippen LogP contribution in [-0.2, 0) is 11.2 Å². The standard InChI is InChI=1S/C22H25N5OS2.HI/c1-14-26-19(13-29-14)20-8-7-16(30-20)9-10-24-22(23-2)25-12-15-11-21(28)27-18-6-4-3-5-17(15)18;/h3-8,13,15H,9-12H2,1-2H3,(H,27,28)(H2,23,24,25);1H. The molecule has 9 heteroatoms. The Bertz CT molecular complexity index is 1060. The Hall–Kier alpha value is -1.98. The van der Waals surface area contributed by atoms with Crippen LogP contribution in [0, 0.1) is 6.92 Å². The van der Waals surface area contributed by atoms with E-state index in [1.807, 2.05) is 25.1 Å². The Morgan fingerprint density at radius 1 is 1.26 bits per heavy atom. The number of halogens is 1. The number of aliphatic imine (C=N–C) groups is 1. The molecule has 164 valence electrons. The molecule has 3 N–H and O–H groups in total. The van der Waals surface area contributed by atoms with Gasteiger partial charge in [0.1, 0.15) is 0 Å². The molecular formula is C22H26IN5OS2. The highest BCUT2D eigenvalue weighted by Gasteiger charge is 2.24. The number of nitrogens with zero attached hydrogens (tertiary/aromatic N) is 2. The van der Waals surface area contributed by atoms with E-state index in [2.05, 4.69) is 49.5 Å². The van der Waals surface area contributed by atoms with Crippen LogP contribution in [0.2, 0.25) is 0 Å². The number of para-hydroxylation sites is 1. The predicted molar refractivity (Wildman–Crippen MR) is 141 cm³/mol. The molecule has 0 aliphatic carbocycles. The van der Waals surface area contributed by atoms with Crippen LogP contribution < -0.4 is 16.0 Å². The van der Waals surface area contributed by atoms with Crippen LogP contribution in [0.3, 0.4) is 0 Å². The summed E-state index contributed by atoms with van der Waals surface area (Å²) < 4.78 is 0. The van der Waals surface area contributed by atoms with Crippen LogP contribution in [0.1, 0.15) is 27.8 Å². The van der Waals surface area contributed by atoms with Gasteiger partial charge in [-0.3, -0.25) is 9.79 Å². The first-order valence-corrected chi connectivity index (χ1v) is 11.7. The average molecular weight is 568 g/mol. The van der Waals surface area contributed by atoms with E-state index in [1.165, 1.54) is 15.3 Å². The summed E-state index contributed by atoms with van der Waals surface area (Å²) in [6.45, 7) is 3.48. The van der Waals surface area contributed by atoms with E-state index in [4.69, 9.17) is 0 Å². The van der Waals surface area contributed by atoms with Crippen molar-refractivity contribution in [3.63, 3.8) is 0 Å². The lowest BCUT2D eigenvalue weighted by Crippen LogP contribution is -2.41. The second-order valence-electron chi connectivity index (χ2n) is 7.18. The first-order chi connectivity index (χ1) is 14.6. The van der Waals surface area contributed by atoms with Gasteiger partial charge < -0.3 is 16.0 Å². The van der Waals surface area contributed by atoms with Gasteiger partial charge in [-0.25, -0.2) is 4.98 Å². The summed E-state index contributed by atoms with van der Waals surface area (Å²) in [6.07, 6.45) is 1.40. The van der Waals surface area contributed by atoms with Crippen molar-refractivity contribution >= 4 is 64.2 Å². The number of hydrogen-bond acceptors (Lipinski definition) is 5. The van der Waals surface area contributed by atoms with Crippen molar-refractivity contribution in [2.75, 3.05) is 25.5 Å². The zero-order chi connectivity index (χ0) is 20.9. The molecule has 31 heavy (non-hydrogen) atoms. The molecule has 1 aliphatic rings. The number of nitrogens with one attached hydrogen (secondary N) is 3. The maximum atomic E-state index is 12.0. The number of benzene rings is 1. The average Bonchev–Trinajstić information content (AvgIpc) is 3.39. The lowest BCUT2D eigenvalue weighted by atomic mass is 9.90. The van der Waals surface area contributed by atoms with E-state index in [9.17, 15) is 4.79 Å². The Labute approximate surface area is 207 Å². The van der Waals surface area contributed by atoms with Crippen LogP contribution in [0.4, 0.5) is 5.69 Å². The zero-order valence-corrected chi connectivity index (χ0v) is 21.4. The number of carbonyl (C=O) groups excluding carboxylic acids is 1. The van der Waals surface area contributed by atoms with E-state index in [-0.39, 0.29) is 35.8 Å². The van der Waals surface area contributed by atoms with Gasteiger partial charge in [0.2, 0.25) is 5.91 Å². The van der Waals surface area contributed by atoms with E-state index >= 15 is 0 Å². The fourth-order valence-corrected chi connectivity index (χ4v) is 5.21. The SMILES string of the molecule is CN=C(NCCc1ccc(-c2csc(C)n2)s1)NCC1CC(=O)Nc2ccccc21.I. The summed E-state index contributed by atoms with van der Waals surface area (Å²) >= 11 is 3.47. The first kappa shape index (κ1) is 23.7. The van der Waals surface area contributed by atoms with Crippen molar-refractivity contribution in [3.8, 4) is 10.6 Å². The molecule has 6 nitrogen and oxygen atoms in total. The lowest BCUT2D eigenvalue weighted by Gasteiger charge is -2.26. The van der Waals surface area contributed by atoms with Crippen LogP contribution in [0.15, 0.2) is 46.8 Å². The molecule has 4 rings (SSSR count). The number of hydrogen-bond donors (Lipinski definition) is 3. The predicted octanol–water partition coefficient (Wildman–Crippen LogP) is 4.63. The molecule has 0 bridgehead atoms. The number of guanidine groups is 1. The number of carbonyl (C=O) groups is 1. The van der Waals surface area contributed by atoms with E-state index in [0.717, 1.165) is 35.3 Å². The number of rotatable bonds is 6. The highest BCUT2D eigenvalue weighted by molar-refractivity contribution is 14.0. The molecule has 1 aromatic carbocycles. The van der Waals surface area contributed by atoms with Crippen LogP contribution >= 0.6 is 46.7 Å². The highest BCUT2D eigenvalue weighted by atomic mass is 127. The van der Waals surface area contributed by atoms with Gasteiger partial charge in [-0.15, -0.1) is 46.7 Å². The second-order valence-corrected chi connectivity index (χ2v) is 9.41.